The Morgan fingerprint density at radius 2 is 1.59 bits per heavy atom. The van der Waals surface area contributed by atoms with E-state index < -0.39 is 0 Å². The molecule has 29 heavy (non-hydrogen) atoms. The second-order valence-electron chi connectivity index (χ2n) is 8.16. The summed E-state index contributed by atoms with van der Waals surface area (Å²) in [5, 5.41) is 0. The van der Waals surface area contributed by atoms with Crippen LogP contribution in [0.5, 0.6) is 0 Å². The fraction of sp³-hybridized carbons (Fsp3) is 0.522. The number of amides is 1. The molecule has 2 aromatic rings. The van der Waals surface area contributed by atoms with Crippen molar-refractivity contribution in [1.29, 1.82) is 0 Å². The van der Waals surface area contributed by atoms with Gasteiger partial charge in [0, 0.05) is 51.0 Å². The molecule has 3 heterocycles. The Morgan fingerprint density at radius 3 is 2.31 bits per heavy atom. The van der Waals surface area contributed by atoms with Crippen molar-refractivity contribution in [2.24, 2.45) is 0 Å². The molecule has 2 saturated heterocycles. The van der Waals surface area contributed by atoms with Gasteiger partial charge in [-0.15, -0.1) is 0 Å². The smallest absolute Gasteiger partial charge is 0.272 e. The zero-order chi connectivity index (χ0) is 20.2. The standard InChI is InChI=1S/C23H31N5O/c1-18-8-7-9-21(19(18)2)26-12-14-28(15-13-26)23(29)20-16-22(25-17-24-20)27-10-5-3-4-6-11-27/h7-9,16-17H,3-6,10-15H2,1-2H3. The summed E-state index contributed by atoms with van der Waals surface area (Å²) in [4.78, 5) is 28.4. The highest BCUT2D eigenvalue weighted by Crippen LogP contribution is 2.24. The van der Waals surface area contributed by atoms with Crippen molar-refractivity contribution >= 4 is 17.4 Å². The molecule has 0 atom stereocenters. The molecule has 4 rings (SSSR count). The molecule has 2 fully saturated rings. The van der Waals surface area contributed by atoms with E-state index in [4.69, 9.17) is 0 Å². The number of rotatable bonds is 3. The lowest BCUT2D eigenvalue weighted by Crippen LogP contribution is -2.49. The van der Waals surface area contributed by atoms with Crippen molar-refractivity contribution in [3.05, 3.63) is 47.4 Å². The summed E-state index contributed by atoms with van der Waals surface area (Å²) >= 11 is 0. The second kappa shape index (κ2) is 8.80. The third-order valence-corrected chi connectivity index (χ3v) is 6.29. The van der Waals surface area contributed by atoms with Gasteiger partial charge < -0.3 is 14.7 Å². The number of hydrogen-bond donors (Lipinski definition) is 0. The Labute approximate surface area is 173 Å². The van der Waals surface area contributed by atoms with Gasteiger partial charge in [-0.25, -0.2) is 9.97 Å². The van der Waals surface area contributed by atoms with E-state index in [2.05, 4.69) is 51.8 Å². The minimum Gasteiger partial charge on any atom is -0.368 e. The van der Waals surface area contributed by atoms with Gasteiger partial charge >= 0.3 is 0 Å². The van der Waals surface area contributed by atoms with Crippen molar-refractivity contribution in [3.63, 3.8) is 0 Å². The van der Waals surface area contributed by atoms with Gasteiger partial charge in [0.05, 0.1) is 0 Å². The quantitative estimate of drug-likeness (QED) is 0.800. The maximum atomic E-state index is 13.1. The first-order valence-electron chi connectivity index (χ1n) is 10.8. The summed E-state index contributed by atoms with van der Waals surface area (Å²) in [7, 11) is 0. The van der Waals surface area contributed by atoms with Crippen LogP contribution in [0.2, 0.25) is 0 Å². The monoisotopic (exact) mass is 393 g/mol. The Balaban J connectivity index is 1.42. The number of nitrogens with zero attached hydrogens (tertiary/aromatic N) is 5. The van der Waals surface area contributed by atoms with Crippen molar-refractivity contribution < 1.29 is 4.79 Å². The van der Waals surface area contributed by atoms with Crippen molar-refractivity contribution in [3.8, 4) is 0 Å². The van der Waals surface area contributed by atoms with Gasteiger partial charge in [-0.3, -0.25) is 4.79 Å². The lowest BCUT2D eigenvalue weighted by Gasteiger charge is -2.37. The van der Waals surface area contributed by atoms with Crippen molar-refractivity contribution in [2.45, 2.75) is 39.5 Å². The number of hydrogen-bond acceptors (Lipinski definition) is 5. The summed E-state index contributed by atoms with van der Waals surface area (Å²) in [5.41, 5.74) is 4.43. The predicted molar refractivity (Wildman–Crippen MR) is 117 cm³/mol. The number of carbonyl (C=O) groups is 1. The van der Waals surface area contributed by atoms with Crippen LogP contribution in [0, 0.1) is 13.8 Å². The SMILES string of the molecule is Cc1cccc(N2CCN(C(=O)c3cc(N4CCCCCC4)ncn3)CC2)c1C. The number of benzene rings is 1. The number of anilines is 2. The van der Waals surface area contributed by atoms with E-state index in [0.717, 1.165) is 45.1 Å². The van der Waals surface area contributed by atoms with Crippen LogP contribution in [0.1, 0.15) is 47.3 Å². The normalized spacial score (nSPS) is 17.9. The average Bonchev–Trinajstić information content (AvgIpc) is 3.05. The van der Waals surface area contributed by atoms with Crippen LogP contribution in [0.4, 0.5) is 11.5 Å². The van der Waals surface area contributed by atoms with Crippen LogP contribution in [0.3, 0.4) is 0 Å². The Morgan fingerprint density at radius 1 is 0.862 bits per heavy atom. The van der Waals surface area contributed by atoms with Crippen LogP contribution in [0.25, 0.3) is 0 Å². The molecule has 1 aromatic carbocycles. The van der Waals surface area contributed by atoms with Gasteiger partial charge in [-0.05, 0) is 43.9 Å². The summed E-state index contributed by atoms with van der Waals surface area (Å²) < 4.78 is 0. The van der Waals surface area contributed by atoms with E-state index in [9.17, 15) is 4.79 Å². The first-order valence-corrected chi connectivity index (χ1v) is 10.8. The van der Waals surface area contributed by atoms with E-state index in [0.29, 0.717) is 5.69 Å². The van der Waals surface area contributed by atoms with E-state index in [1.165, 1.54) is 42.5 Å². The maximum Gasteiger partial charge on any atom is 0.272 e. The van der Waals surface area contributed by atoms with Gasteiger partial charge in [0.2, 0.25) is 0 Å². The average molecular weight is 394 g/mol. The Kier molecular flexibility index (Phi) is 5.97. The topological polar surface area (TPSA) is 52.6 Å². The highest BCUT2D eigenvalue weighted by Gasteiger charge is 2.25. The van der Waals surface area contributed by atoms with Crippen molar-refractivity contribution in [1.82, 2.24) is 14.9 Å². The van der Waals surface area contributed by atoms with E-state index in [1.807, 2.05) is 11.0 Å². The van der Waals surface area contributed by atoms with E-state index in [-0.39, 0.29) is 5.91 Å². The number of aromatic nitrogens is 2. The third-order valence-electron chi connectivity index (χ3n) is 6.29. The van der Waals surface area contributed by atoms with Crippen LogP contribution in [-0.4, -0.2) is 60.0 Å². The fourth-order valence-electron chi connectivity index (χ4n) is 4.33. The summed E-state index contributed by atoms with van der Waals surface area (Å²) in [5.74, 6) is 0.906. The van der Waals surface area contributed by atoms with Gasteiger partial charge in [0.1, 0.15) is 17.8 Å². The molecule has 1 amide bonds. The molecule has 0 unspecified atom stereocenters. The zero-order valence-corrected chi connectivity index (χ0v) is 17.6. The molecule has 1 aromatic heterocycles. The van der Waals surface area contributed by atoms with Gasteiger partial charge in [-0.2, -0.15) is 0 Å². The number of piperazine rings is 1. The molecule has 6 nitrogen and oxygen atoms in total. The second-order valence-corrected chi connectivity index (χ2v) is 8.16. The largest absolute Gasteiger partial charge is 0.368 e. The van der Waals surface area contributed by atoms with Crippen LogP contribution < -0.4 is 9.80 Å². The molecule has 0 aliphatic carbocycles. The Bertz CT molecular complexity index is 852. The van der Waals surface area contributed by atoms with Crippen LogP contribution in [-0.2, 0) is 0 Å². The molecule has 0 spiro atoms. The highest BCUT2D eigenvalue weighted by atomic mass is 16.2. The molecule has 0 bridgehead atoms. The predicted octanol–water partition coefficient (Wildman–Crippen LogP) is 3.44. The highest BCUT2D eigenvalue weighted by molar-refractivity contribution is 5.93. The molecule has 0 radical (unpaired) electrons. The first-order chi connectivity index (χ1) is 14.1. The lowest BCUT2D eigenvalue weighted by atomic mass is 10.1. The van der Waals surface area contributed by atoms with Crippen molar-refractivity contribution in [2.75, 3.05) is 49.1 Å². The molecular weight excluding hydrogens is 362 g/mol. The van der Waals surface area contributed by atoms with Gasteiger partial charge in [0.15, 0.2) is 0 Å². The molecule has 2 aliphatic heterocycles. The van der Waals surface area contributed by atoms with E-state index in [1.54, 1.807) is 6.33 Å². The van der Waals surface area contributed by atoms with Crippen LogP contribution >= 0.6 is 0 Å². The molecule has 0 N–H and O–H groups in total. The summed E-state index contributed by atoms with van der Waals surface area (Å²) in [6, 6.07) is 8.32. The number of aryl methyl sites for hydroxylation is 1. The maximum absolute atomic E-state index is 13.1. The molecule has 0 saturated carbocycles. The molecule has 6 heteroatoms. The van der Waals surface area contributed by atoms with Gasteiger partial charge in [-0.1, -0.05) is 25.0 Å². The first kappa shape index (κ1) is 19.7. The third kappa shape index (κ3) is 4.36. The molecule has 154 valence electrons. The lowest BCUT2D eigenvalue weighted by molar-refractivity contribution is 0.0740. The molecular formula is C23H31N5O. The minimum absolute atomic E-state index is 0.0177. The Hall–Kier alpha value is -2.63. The number of carbonyl (C=O) groups excluding carboxylic acids is 1. The summed E-state index contributed by atoms with van der Waals surface area (Å²) in [6.45, 7) is 9.48. The molecule has 2 aliphatic rings. The zero-order valence-electron chi connectivity index (χ0n) is 17.6. The van der Waals surface area contributed by atoms with Crippen LogP contribution in [0.15, 0.2) is 30.6 Å². The summed E-state index contributed by atoms with van der Waals surface area (Å²) in [6.07, 6.45) is 6.47. The van der Waals surface area contributed by atoms with Gasteiger partial charge in [0.25, 0.3) is 5.91 Å². The fourth-order valence-corrected chi connectivity index (χ4v) is 4.33. The van der Waals surface area contributed by atoms with E-state index >= 15 is 0 Å². The minimum atomic E-state index is 0.0177.